The maximum absolute atomic E-state index is 11.9. The average Bonchev–Trinajstić information content (AvgIpc) is 2.61. The maximum Gasteiger partial charge on any atom is 0.231 e. The van der Waals surface area contributed by atoms with E-state index in [2.05, 4.69) is 32.0 Å². The van der Waals surface area contributed by atoms with Crippen molar-refractivity contribution in [3.05, 3.63) is 29.3 Å². The summed E-state index contributed by atoms with van der Waals surface area (Å²) in [6.45, 7) is 5.55. The summed E-state index contributed by atoms with van der Waals surface area (Å²) in [5, 5.41) is 0. The van der Waals surface area contributed by atoms with Crippen molar-refractivity contribution in [2.75, 3.05) is 25.2 Å². The van der Waals surface area contributed by atoms with Crippen molar-refractivity contribution < 1.29 is 9.53 Å². The Kier molecular flexibility index (Phi) is 3.48. The third-order valence-electron chi connectivity index (χ3n) is 3.23. The van der Waals surface area contributed by atoms with E-state index in [-0.39, 0.29) is 5.91 Å². The fraction of sp³-hybridized carbons (Fsp3) is 0.500. The number of carbonyl (C=O) groups excluding carboxylic acids is 1. The fourth-order valence-corrected chi connectivity index (χ4v) is 2.16. The lowest BCUT2D eigenvalue weighted by atomic mass is 10.0. The molecule has 1 aliphatic rings. The molecule has 0 saturated heterocycles. The molecule has 1 aromatic carbocycles. The van der Waals surface area contributed by atoms with Crippen LogP contribution in [0.25, 0.3) is 0 Å². The normalized spacial score (nSPS) is 14.6. The van der Waals surface area contributed by atoms with Gasteiger partial charge in [-0.05, 0) is 23.1 Å². The van der Waals surface area contributed by atoms with Crippen LogP contribution in [0.15, 0.2) is 18.2 Å². The predicted octanol–water partition coefficient (Wildman–Crippen LogP) is 2.35. The van der Waals surface area contributed by atoms with Gasteiger partial charge in [0.2, 0.25) is 5.91 Å². The number of hydrogen-bond donors (Lipinski definition) is 0. The van der Waals surface area contributed by atoms with Gasteiger partial charge in [0.1, 0.15) is 0 Å². The van der Waals surface area contributed by atoms with Crippen LogP contribution in [0.3, 0.4) is 0 Å². The lowest BCUT2D eigenvalue weighted by molar-refractivity contribution is -0.117. The monoisotopic (exact) mass is 233 g/mol. The Morgan fingerprint density at radius 2 is 2.18 bits per heavy atom. The molecule has 0 saturated carbocycles. The first-order valence-corrected chi connectivity index (χ1v) is 6.05. The summed E-state index contributed by atoms with van der Waals surface area (Å²) in [5.74, 6) is 0.665. The molecule has 17 heavy (non-hydrogen) atoms. The van der Waals surface area contributed by atoms with E-state index in [0.717, 1.165) is 11.3 Å². The topological polar surface area (TPSA) is 29.5 Å². The lowest BCUT2D eigenvalue weighted by Crippen LogP contribution is -2.30. The zero-order chi connectivity index (χ0) is 12.4. The molecule has 0 bridgehead atoms. The maximum atomic E-state index is 11.9. The van der Waals surface area contributed by atoms with Crippen LogP contribution in [0, 0.1) is 0 Å². The number of fused-ring (bicyclic) bond motifs is 1. The van der Waals surface area contributed by atoms with Crippen molar-refractivity contribution in [1.29, 1.82) is 0 Å². The van der Waals surface area contributed by atoms with Gasteiger partial charge in [0.25, 0.3) is 0 Å². The van der Waals surface area contributed by atoms with Gasteiger partial charge in [-0.2, -0.15) is 0 Å². The lowest BCUT2D eigenvalue weighted by Gasteiger charge is -2.18. The molecule has 1 heterocycles. The van der Waals surface area contributed by atoms with Crippen LogP contribution in [0.4, 0.5) is 5.69 Å². The molecule has 3 nitrogen and oxygen atoms in total. The number of methoxy groups -OCH3 is 1. The number of hydrogen-bond acceptors (Lipinski definition) is 2. The van der Waals surface area contributed by atoms with Crippen molar-refractivity contribution in [3.8, 4) is 0 Å². The van der Waals surface area contributed by atoms with E-state index in [9.17, 15) is 4.79 Å². The summed E-state index contributed by atoms with van der Waals surface area (Å²) >= 11 is 0. The SMILES string of the molecule is COCCN1C(=O)Cc2ccc(C(C)C)cc21. The van der Waals surface area contributed by atoms with E-state index in [1.54, 1.807) is 7.11 Å². The standard InChI is InChI=1S/C14H19NO2/c1-10(2)11-4-5-12-9-14(16)15(6-7-17-3)13(12)8-11/h4-5,8,10H,6-7,9H2,1-3H3. The Balaban J connectivity index is 2.29. The molecular formula is C14H19NO2. The van der Waals surface area contributed by atoms with Gasteiger partial charge < -0.3 is 9.64 Å². The Morgan fingerprint density at radius 3 is 2.82 bits per heavy atom. The van der Waals surface area contributed by atoms with Crippen LogP contribution in [0.2, 0.25) is 0 Å². The van der Waals surface area contributed by atoms with Crippen LogP contribution in [0.1, 0.15) is 30.9 Å². The zero-order valence-corrected chi connectivity index (χ0v) is 10.7. The van der Waals surface area contributed by atoms with E-state index in [4.69, 9.17) is 4.74 Å². The van der Waals surface area contributed by atoms with E-state index in [0.29, 0.717) is 25.5 Å². The van der Waals surface area contributed by atoms with Gasteiger partial charge in [-0.15, -0.1) is 0 Å². The molecule has 92 valence electrons. The minimum absolute atomic E-state index is 0.179. The van der Waals surface area contributed by atoms with Crippen molar-refractivity contribution in [2.24, 2.45) is 0 Å². The van der Waals surface area contributed by atoms with Crippen molar-refractivity contribution >= 4 is 11.6 Å². The van der Waals surface area contributed by atoms with Gasteiger partial charge in [-0.3, -0.25) is 4.79 Å². The largest absolute Gasteiger partial charge is 0.383 e. The molecular weight excluding hydrogens is 214 g/mol. The quantitative estimate of drug-likeness (QED) is 0.799. The Bertz CT molecular complexity index is 426. The molecule has 0 radical (unpaired) electrons. The first-order valence-electron chi connectivity index (χ1n) is 6.05. The Morgan fingerprint density at radius 1 is 1.41 bits per heavy atom. The number of anilines is 1. The number of rotatable bonds is 4. The summed E-state index contributed by atoms with van der Waals surface area (Å²) < 4.78 is 5.05. The highest BCUT2D eigenvalue weighted by Gasteiger charge is 2.27. The number of benzene rings is 1. The molecule has 0 unspecified atom stereocenters. The molecule has 0 aliphatic carbocycles. The predicted molar refractivity (Wildman–Crippen MR) is 68.5 cm³/mol. The van der Waals surface area contributed by atoms with Crippen LogP contribution in [-0.2, 0) is 16.0 Å². The number of amides is 1. The molecule has 0 fully saturated rings. The Labute approximate surface area is 102 Å². The third kappa shape index (κ3) is 2.34. The molecule has 2 rings (SSSR count). The summed E-state index contributed by atoms with van der Waals surface area (Å²) in [5.41, 5.74) is 3.48. The smallest absolute Gasteiger partial charge is 0.231 e. The second-order valence-corrected chi connectivity index (χ2v) is 4.76. The van der Waals surface area contributed by atoms with Crippen LogP contribution >= 0.6 is 0 Å². The molecule has 0 aromatic heterocycles. The van der Waals surface area contributed by atoms with Gasteiger partial charge in [-0.1, -0.05) is 26.0 Å². The van der Waals surface area contributed by atoms with Crippen molar-refractivity contribution in [1.82, 2.24) is 0 Å². The molecule has 1 amide bonds. The van der Waals surface area contributed by atoms with Gasteiger partial charge in [-0.25, -0.2) is 0 Å². The van der Waals surface area contributed by atoms with Gasteiger partial charge in [0, 0.05) is 19.3 Å². The highest BCUT2D eigenvalue weighted by atomic mass is 16.5. The second kappa shape index (κ2) is 4.88. The number of ether oxygens (including phenoxy) is 1. The van der Waals surface area contributed by atoms with E-state index in [1.165, 1.54) is 5.56 Å². The minimum atomic E-state index is 0.179. The number of nitrogens with zero attached hydrogens (tertiary/aromatic N) is 1. The van der Waals surface area contributed by atoms with Crippen LogP contribution < -0.4 is 4.90 Å². The van der Waals surface area contributed by atoms with Crippen LogP contribution in [-0.4, -0.2) is 26.2 Å². The molecule has 1 aliphatic heterocycles. The molecule has 0 N–H and O–H groups in total. The average molecular weight is 233 g/mol. The van der Waals surface area contributed by atoms with Crippen LogP contribution in [0.5, 0.6) is 0 Å². The summed E-state index contributed by atoms with van der Waals surface area (Å²) in [6.07, 6.45) is 0.525. The molecule has 3 heteroatoms. The van der Waals surface area contributed by atoms with Gasteiger partial charge >= 0.3 is 0 Å². The molecule has 0 atom stereocenters. The zero-order valence-electron chi connectivity index (χ0n) is 10.7. The number of carbonyl (C=O) groups is 1. The Hall–Kier alpha value is -1.35. The summed E-state index contributed by atoms with van der Waals surface area (Å²) in [6, 6.07) is 6.34. The van der Waals surface area contributed by atoms with Gasteiger partial charge in [0.05, 0.1) is 13.0 Å². The van der Waals surface area contributed by atoms with E-state index >= 15 is 0 Å². The fourth-order valence-electron chi connectivity index (χ4n) is 2.16. The summed E-state index contributed by atoms with van der Waals surface area (Å²) in [4.78, 5) is 13.7. The van der Waals surface area contributed by atoms with E-state index < -0.39 is 0 Å². The second-order valence-electron chi connectivity index (χ2n) is 4.76. The van der Waals surface area contributed by atoms with E-state index in [1.807, 2.05) is 4.90 Å². The highest BCUT2D eigenvalue weighted by Crippen LogP contribution is 2.31. The highest BCUT2D eigenvalue weighted by molar-refractivity contribution is 6.01. The van der Waals surface area contributed by atoms with Crippen molar-refractivity contribution in [3.63, 3.8) is 0 Å². The van der Waals surface area contributed by atoms with Gasteiger partial charge in [0.15, 0.2) is 0 Å². The first-order chi connectivity index (χ1) is 8.13. The third-order valence-corrected chi connectivity index (χ3v) is 3.23. The molecule has 0 spiro atoms. The molecule has 1 aromatic rings. The van der Waals surface area contributed by atoms with Crippen molar-refractivity contribution in [2.45, 2.75) is 26.2 Å². The minimum Gasteiger partial charge on any atom is -0.383 e. The first kappa shape index (κ1) is 12.1. The summed E-state index contributed by atoms with van der Waals surface area (Å²) in [7, 11) is 1.66.